The summed E-state index contributed by atoms with van der Waals surface area (Å²) in [5.41, 5.74) is 0.116. The molecule has 2 saturated heterocycles. The monoisotopic (exact) mass is 265 g/mol. The Kier molecular flexibility index (Phi) is 3.24. The molecule has 3 rings (SSSR count). The average Bonchev–Trinajstić information content (AvgIpc) is 2.38. The summed E-state index contributed by atoms with van der Waals surface area (Å²) in [7, 11) is 1.62. The van der Waals surface area contributed by atoms with Crippen molar-refractivity contribution >= 4 is 11.8 Å². The lowest BCUT2D eigenvalue weighted by Gasteiger charge is -2.44. The third kappa shape index (κ3) is 2.12. The van der Waals surface area contributed by atoms with Gasteiger partial charge in [-0.2, -0.15) is 11.8 Å². The Hall–Kier alpha value is -0.740. The maximum absolute atomic E-state index is 11.0. The first-order chi connectivity index (χ1) is 8.71. The Bertz CT molecular complexity index is 426. The van der Waals surface area contributed by atoms with Gasteiger partial charge in [-0.1, -0.05) is 6.42 Å². The molecule has 2 fully saturated rings. The van der Waals surface area contributed by atoms with Gasteiger partial charge in [0.2, 0.25) is 5.88 Å². The van der Waals surface area contributed by atoms with Crippen LogP contribution in [0.2, 0.25) is 0 Å². The van der Waals surface area contributed by atoms with Gasteiger partial charge in [0.15, 0.2) is 0 Å². The zero-order valence-corrected chi connectivity index (χ0v) is 11.4. The summed E-state index contributed by atoms with van der Waals surface area (Å²) < 4.78 is 5.31. The minimum absolute atomic E-state index is 0.574. The Morgan fingerprint density at radius 2 is 2.11 bits per heavy atom. The summed E-state index contributed by atoms with van der Waals surface area (Å²) in [4.78, 5) is 4.22. The molecule has 3 nitrogen and oxygen atoms in total. The summed E-state index contributed by atoms with van der Waals surface area (Å²) >= 11 is 2.06. The van der Waals surface area contributed by atoms with Crippen LogP contribution in [0.5, 0.6) is 5.88 Å². The quantitative estimate of drug-likeness (QED) is 0.893. The fourth-order valence-electron chi connectivity index (χ4n) is 3.25. The van der Waals surface area contributed by atoms with E-state index in [1.165, 1.54) is 19.3 Å². The summed E-state index contributed by atoms with van der Waals surface area (Å²) in [6, 6.07) is 3.84. The second-order valence-corrected chi connectivity index (χ2v) is 6.92. The molecule has 0 radical (unpaired) electrons. The number of methoxy groups -OCH3 is 1. The van der Waals surface area contributed by atoms with Gasteiger partial charge in [-0.15, -0.1) is 0 Å². The second kappa shape index (κ2) is 4.74. The third-order valence-electron chi connectivity index (χ3n) is 4.03. The van der Waals surface area contributed by atoms with Crippen LogP contribution in [0.1, 0.15) is 37.7 Å². The SMILES string of the molecule is COc1ncccc1C1(O)CC2CCCC(C1)S2. The van der Waals surface area contributed by atoms with E-state index in [4.69, 9.17) is 4.74 Å². The molecule has 2 aliphatic heterocycles. The number of aromatic nitrogens is 1. The highest BCUT2D eigenvalue weighted by atomic mass is 32.2. The van der Waals surface area contributed by atoms with E-state index < -0.39 is 5.60 Å². The van der Waals surface area contributed by atoms with Gasteiger partial charge < -0.3 is 9.84 Å². The van der Waals surface area contributed by atoms with E-state index >= 15 is 0 Å². The molecule has 2 bridgehead atoms. The number of nitrogens with zero attached hydrogens (tertiary/aromatic N) is 1. The summed E-state index contributed by atoms with van der Waals surface area (Å²) in [6.45, 7) is 0. The highest BCUT2D eigenvalue weighted by Crippen LogP contribution is 2.50. The number of thioether (sulfide) groups is 1. The van der Waals surface area contributed by atoms with Crippen molar-refractivity contribution in [2.24, 2.45) is 0 Å². The summed E-state index contributed by atoms with van der Waals surface area (Å²) in [5.74, 6) is 0.574. The van der Waals surface area contributed by atoms with Gasteiger partial charge in [0, 0.05) is 22.3 Å². The van der Waals surface area contributed by atoms with E-state index in [2.05, 4.69) is 16.7 Å². The number of rotatable bonds is 2. The van der Waals surface area contributed by atoms with E-state index in [0.29, 0.717) is 16.4 Å². The zero-order valence-electron chi connectivity index (χ0n) is 10.6. The highest BCUT2D eigenvalue weighted by molar-refractivity contribution is 8.00. The van der Waals surface area contributed by atoms with Crippen LogP contribution in [0.25, 0.3) is 0 Å². The second-order valence-electron chi connectivity index (χ2n) is 5.31. The number of aliphatic hydroxyl groups is 1. The molecular weight excluding hydrogens is 246 g/mol. The van der Waals surface area contributed by atoms with Crippen LogP contribution >= 0.6 is 11.8 Å². The maximum atomic E-state index is 11.0. The molecule has 0 spiro atoms. The van der Waals surface area contributed by atoms with Crippen molar-refractivity contribution in [2.75, 3.05) is 7.11 Å². The molecular formula is C14H19NO2S. The third-order valence-corrected chi connectivity index (χ3v) is 5.61. The number of ether oxygens (including phenoxy) is 1. The van der Waals surface area contributed by atoms with E-state index in [9.17, 15) is 5.11 Å². The van der Waals surface area contributed by atoms with Gasteiger partial charge in [-0.25, -0.2) is 4.98 Å². The molecule has 1 aromatic heterocycles. The van der Waals surface area contributed by atoms with Gasteiger partial charge in [0.25, 0.3) is 0 Å². The van der Waals surface area contributed by atoms with E-state index in [0.717, 1.165) is 18.4 Å². The predicted octanol–water partition coefficient (Wildman–Crippen LogP) is 2.73. The van der Waals surface area contributed by atoms with E-state index in [1.54, 1.807) is 13.3 Å². The molecule has 4 heteroatoms. The molecule has 1 N–H and O–H groups in total. The zero-order chi connectivity index (χ0) is 12.6. The number of hydrogen-bond donors (Lipinski definition) is 1. The Balaban J connectivity index is 1.94. The highest BCUT2D eigenvalue weighted by Gasteiger charge is 2.44. The normalized spacial score (nSPS) is 35.2. The van der Waals surface area contributed by atoms with Crippen molar-refractivity contribution in [2.45, 2.75) is 48.2 Å². The first-order valence-electron chi connectivity index (χ1n) is 6.58. The average molecular weight is 265 g/mol. The lowest BCUT2D eigenvalue weighted by atomic mass is 9.81. The van der Waals surface area contributed by atoms with Gasteiger partial charge in [-0.3, -0.25) is 0 Å². The Labute approximate surface area is 112 Å². The molecule has 0 aromatic carbocycles. The molecule has 2 unspecified atom stereocenters. The van der Waals surface area contributed by atoms with Crippen molar-refractivity contribution in [1.29, 1.82) is 0 Å². The maximum Gasteiger partial charge on any atom is 0.219 e. The van der Waals surface area contributed by atoms with Gasteiger partial charge in [-0.05, 0) is 37.8 Å². The van der Waals surface area contributed by atoms with Crippen molar-refractivity contribution in [3.05, 3.63) is 23.9 Å². The fraction of sp³-hybridized carbons (Fsp3) is 0.643. The van der Waals surface area contributed by atoms with Crippen molar-refractivity contribution < 1.29 is 9.84 Å². The first-order valence-corrected chi connectivity index (χ1v) is 7.53. The van der Waals surface area contributed by atoms with Crippen LogP contribution in [0.15, 0.2) is 18.3 Å². The van der Waals surface area contributed by atoms with Crippen LogP contribution < -0.4 is 4.74 Å². The minimum atomic E-state index is -0.749. The van der Waals surface area contributed by atoms with Gasteiger partial charge in [0.1, 0.15) is 0 Å². The van der Waals surface area contributed by atoms with Crippen LogP contribution in [0.3, 0.4) is 0 Å². The fourth-order valence-corrected chi connectivity index (χ4v) is 5.14. The van der Waals surface area contributed by atoms with E-state index in [1.807, 2.05) is 12.1 Å². The van der Waals surface area contributed by atoms with Gasteiger partial charge >= 0.3 is 0 Å². The molecule has 1 aromatic rings. The molecule has 0 amide bonds. The van der Waals surface area contributed by atoms with Crippen LogP contribution in [-0.2, 0) is 5.60 Å². The number of hydrogen-bond acceptors (Lipinski definition) is 4. The standard InChI is InChI=1S/C14H19NO2S/c1-17-13-12(6-3-7-15-13)14(16)8-10-4-2-5-11(9-14)18-10/h3,6-7,10-11,16H,2,4-5,8-9H2,1H3. The molecule has 18 heavy (non-hydrogen) atoms. The molecule has 0 aliphatic carbocycles. The predicted molar refractivity (Wildman–Crippen MR) is 72.9 cm³/mol. The first kappa shape index (κ1) is 12.3. The summed E-state index contributed by atoms with van der Waals surface area (Å²) in [6.07, 6.45) is 7.14. The lowest BCUT2D eigenvalue weighted by molar-refractivity contribution is 0.00557. The Morgan fingerprint density at radius 1 is 1.39 bits per heavy atom. The van der Waals surface area contributed by atoms with E-state index in [-0.39, 0.29) is 0 Å². The van der Waals surface area contributed by atoms with Crippen molar-refractivity contribution in [3.63, 3.8) is 0 Å². The van der Waals surface area contributed by atoms with Crippen molar-refractivity contribution in [1.82, 2.24) is 4.98 Å². The largest absolute Gasteiger partial charge is 0.481 e. The topological polar surface area (TPSA) is 42.4 Å². The smallest absolute Gasteiger partial charge is 0.219 e. The lowest BCUT2D eigenvalue weighted by Crippen LogP contribution is -2.40. The van der Waals surface area contributed by atoms with Crippen molar-refractivity contribution in [3.8, 4) is 5.88 Å². The molecule has 0 saturated carbocycles. The van der Waals surface area contributed by atoms with Crippen LogP contribution in [0.4, 0.5) is 0 Å². The van der Waals surface area contributed by atoms with Crippen LogP contribution in [-0.4, -0.2) is 27.7 Å². The molecule has 3 heterocycles. The van der Waals surface area contributed by atoms with Gasteiger partial charge in [0.05, 0.1) is 12.7 Å². The Morgan fingerprint density at radius 3 is 2.78 bits per heavy atom. The molecule has 98 valence electrons. The minimum Gasteiger partial charge on any atom is -0.481 e. The molecule has 2 atom stereocenters. The molecule has 2 aliphatic rings. The van der Waals surface area contributed by atoms with Crippen LogP contribution in [0, 0.1) is 0 Å². The number of pyridine rings is 1. The number of fused-ring (bicyclic) bond motifs is 2. The summed E-state index contributed by atoms with van der Waals surface area (Å²) in [5, 5.41) is 12.2.